The van der Waals surface area contributed by atoms with Crippen molar-refractivity contribution in [3.05, 3.63) is 65.5 Å². The predicted octanol–water partition coefficient (Wildman–Crippen LogP) is 4.08. The first-order valence-electron chi connectivity index (χ1n) is 8.34. The molecule has 0 aliphatic carbocycles. The van der Waals surface area contributed by atoms with Gasteiger partial charge in [0.15, 0.2) is 0 Å². The number of hydrogen-bond donors (Lipinski definition) is 2. The average molecular weight is 355 g/mol. The van der Waals surface area contributed by atoms with Crippen LogP contribution in [-0.4, -0.2) is 17.5 Å². The second-order valence-corrected chi connectivity index (χ2v) is 6.27. The van der Waals surface area contributed by atoms with Gasteiger partial charge < -0.3 is 5.32 Å². The molecule has 2 aromatic carbocycles. The summed E-state index contributed by atoms with van der Waals surface area (Å²) in [5.41, 5.74) is 4.46. The molecule has 0 unspecified atom stereocenters. The maximum atomic E-state index is 13.5. The van der Waals surface area contributed by atoms with Crippen LogP contribution in [0.1, 0.15) is 49.0 Å². The summed E-state index contributed by atoms with van der Waals surface area (Å²) in [5.74, 6) is -1.11. The van der Waals surface area contributed by atoms with Crippen molar-refractivity contribution in [3.63, 3.8) is 0 Å². The minimum atomic E-state index is -0.660. The Morgan fingerprint density at radius 3 is 2.35 bits per heavy atom. The molecule has 2 N–H and O–H groups in total. The molecule has 0 saturated carbocycles. The zero-order valence-electron chi connectivity index (χ0n) is 15.0. The first-order valence-corrected chi connectivity index (χ1v) is 8.34. The fraction of sp³-hybridized carbons (Fsp3) is 0.250. The number of amides is 2. The predicted molar refractivity (Wildman–Crippen MR) is 101 cm³/mol. The standard InChI is InChI=1S/C20H22FN3O2/c1-13(2)15-8-10-16(11-9-15)22-19(25)12-14(3)23-24-20(26)17-6-4-5-7-18(17)21/h4-11,13H,12H2,1-3H3,(H,22,25)(H,24,26). The van der Waals surface area contributed by atoms with Crippen LogP contribution < -0.4 is 10.7 Å². The minimum absolute atomic E-state index is 0.0173. The number of carbonyl (C=O) groups is 2. The van der Waals surface area contributed by atoms with E-state index >= 15 is 0 Å². The summed E-state index contributed by atoms with van der Waals surface area (Å²) in [4.78, 5) is 23.9. The molecule has 6 heteroatoms. The summed E-state index contributed by atoms with van der Waals surface area (Å²) in [6.45, 7) is 5.81. The topological polar surface area (TPSA) is 70.6 Å². The van der Waals surface area contributed by atoms with E-state index in [4.69, 9.17) is 0 Å². The molecule has 136 valence electrons. The van der Waals surface area contributed by atoms with Gasteiger partial charge in [-0.2, -0.15) is 5.10 Å². The van der Waals surface area contributed by atoms with E-state index in [1.165, 1.54) is 23.8 Å². The number of carbonyl (C=O) groups excluding carboxylic acids is 2. The summed E-state index contributed by atoms with van der Waals surface area (Å²) < 4.78 is 13.5. The highest BCUT2D eigenvalue weighted by Gasteiger charge is 2.10. The SMILES string of the molecule is CC(CC(=O)Nc1ccc(C(C)C)cc1)=NNC(=O)c1ccccc1F. The van der Waals surface area contributed by atoms with Crippen LogP contribution in [0.25, 0.3) is 0 Å². The maximum absolute atomic E-state index is 13.5. The third kappa shape index (κ3) is 5.51. The Balaban J connectivity index is 1.89. The first kappa shape index (κ1) is 19.3. The summed E-state index contributed by atoms with van der Waals surface area (Å²) in [7, 11) is 0. The van der Waals surface area contributed by atoms with E-state index < -0.39 is 11.7 Å². The second kappa shape index (κ2) is 8.89. The molecule has 0 aliphatic heterocycles. The van der Waals surface area contributed by atoms with Gasteiger partial charge in [0.05, 0.1) is 12.0 Å². The number of hydrogen-bond acceptors (Lipinski definition) is 3. The van der Waals surface area contributed by atoms with E-state index in [0.717, 1.165) is 0 Å². The average Bonchev–Trinajstić information content (AvgIpc) is 2.60. The monoisotopic (exact) mass is 355 g/mol. The van der Waals surface area contributed by atoms with E-state index in [1.54, 1.807) is 13.0 Å². The molecule has 0 saturated heterocycles. The summed E-state index contributed by atoms with van der Waals surface area (Å²) in [5, 5.41) is 6.63. The van der Waals surface area contributed by atoms with E-state index in [2.05, 4.69) is 29.7 Å². The molecule has 0 spiro atoms. The number of hydrazone groups is 1. The normalized spacial score (nSPS) is 11.3. The molecule has 0 fully saturated rings. The van der Waals surface area contributed by atoms with Crippen LogP contribution in [0.2, 0.25) is 0 Å². The van der Waals surface area contributed by atoms with Crippen LogP contribution in [0.3, 0.4) is 0 Å². The molecular formula is C20H22FN3O2. The molecule has 0 bridgehead atoms. The van der Waals surface area contributed by atoms with Crippen LogP contribution >= 0.6 is 0 Å². The van der Waals surface area contributed by atoms with Crippen LogP contribution in [0.15, 0.2) is 53.6 Å². The van der Waals surface area contributed by atoms with Gasteiger partial charge in [-0.05, 0) is 42.7 Å². The highest BCUT2D eigenvalue weighted by molar-refractivity contribution is 6.06. The van der Waals surface area contributed by atoms with Crippen molar-refractivity contribution < 1.29 is 14.0 Å². The fourth-order valence-corrected chi connectivity index (χ4v) is 2.28. The Bertz CT molecular complexity index is 814. The highest BCUT2D eigenvalue weighted by atomic mass is 19.1. The highest BCUT2D eigenvalue weighted by Crippen LogP contribution is 2.17. The zero-order valence-corrected chi connectivity index (χ0v) is 15.0. The third-order valence-electron chi connectivity index (χ3n) is 3.74. The lowest BCUT2D eigenvalue weighted by Crippen LogP contribution is -2.22. The maximum Gasteiger partial charge on any atom is 0.274 e. The summed E-state index contributed by atoms with van der Waals surface area (Å²) in [6, 6.07) is 13.3. The molecule has 0 aromatic heterocycles. The Morgan fingerprint density at radius 1 is 1.08 bits per heavy atom. The van der Waals surface area contributed by atoms with E-state index in [-0.39, 0.29) is 17.9 Å². The van der Waals surface area contributed by atoms with Gasteiger partial charge in [-0.1, -0.05) is 38.1 Å². The summed E-state index contributed by atoms with van der Waals surface area (Å²) >= 11 is 0. The number of rotatable bonds is 6. The zero-order chi connectivity index (χ0) is 19.1. The molecule has 2 rings (SSSR count). The minimum Gasteiger partial charge on any atom is -0.326 e. The van der Waals surface area contributed by atoms with Gasteiger partial charge in [-0.15, -0.1) is 0 Å². The van der Waals surface area contributed by atoms with Crippen LogP contribution in [0.4, 0.5) is 10.1 Å². The quantitative estimate of drug-likeness (QED) is 0.605. The van der Waals surface area contributed by atoms with Gasteiger partial charge in [0.2, 0.25) is 5.91 Å². The number of anilines is 1. The summed E-state index contributed by atoms with van der Waals surface area (Å²) in [6.07, 6.45) is 0.0173. The van der Waals surface area contributed by atoms with Crippen LogP contribution in [0.5, 0.6) is 0 Å². The van der Waals surface area contributed by atoms with Crippen molar-refractivity contribution in [1.29, 1.82) is 0 Å². The van der Waals surface area contributed by atoms with Crippen molar-refractivity contribution in [2.45, 2.75) is 33.1 Å². The molecule has 0 aliphatic rings. The molecule has 5 nitrogen and oxygen atoms in total. The van der Waals surface area contributed by atoms with Crippen molar-refractivity contribution in [1.82, 2.24) is 5.43 Å². The first-order chi connectivity index (χ1) is 12.4. The van der Waals surface area contributed by atoms with Crippen LogP contribution in [-0.2, 0) is 4.79 Å². The molecular weight excluding hydrogens is 333 g/mol. The van der Waals surface area contributed by atoms with Crippen molar-refractivity contribution in [2.24, 2.45) is 5.10 Å². The van der Waals surface area contributed by atoms with E-state index in [1.807, 2.05) is 24.3 Å². The third-order valence-corrected chi connectivity index (χ3v) is 3.74. The molecule has 0 heterocycles. The molecule has 26 heavy (non-hydrogen) atoms. The second-order valence-electron chi connectivity index (χ2n) is 6.27. The Labute approximate surface area is 152 Å². The Hall–Kier alpha value is -3.02. The van der Waals surface area contributed by atoms with Gasteiger partial charge in [-0.25, -0.2) is 9.82 Å². The largest absolute Gasteiger partial charge is 0.326 e. The fourth-order valence-electron chi connectivity index (χ4n) is 2.28. The lowest BCUT2D eigenvalue weighted by molar-refractivity contribution is -0.115. The number of halogens is 1. The van der Waals surface area contributed by atoms with Crippen LogP contribution in [0, 0.1) is 5.82 Å². The molecule has 2 amide bonds. The van der Waals surface area contributed by atoms with Crippen molar-refractivity contribution >= 4 is 23.2 Å². The van der Waals surface area contributed by atoms with Gasteiger partial charge in [-0.3, -0.25) is 9.59 Å². The molecule has 2 aromatic rings. The van der Waals surface area contributed by atoms with Crippen molar-refractivity contribution in [3.8, 4) is 0 Å². The van der Waals surface area contributed by atoms with Crippen molar-refractivity contribution in [2.75, 3.05) is 5.32 Å². The lowest BCUT2D eigenvalue weighted by Gasteiger charge is -2.08. The van der Waals surface area contributed by atoms with E-state index in [0.29, 0.717) is 17.3 Å². The van der Waals surface area contributed by atoms with E-state index in [9.17, 15) is 14.0 Å². The van der Waals surface area contributed by atoms with Gasteiger partial charge in [0.25, 0.3) is 5.91 Å². The number of nitrogens with zero attached hydrogens (tertiary/aromatic N) is 1. The van der Waals surface area contributed by atoms with Gasteiger partial charge >= 0.3 is 0 Å². The molecule has 0 radical (unpaired) electrons. The molecule has 0 atom stereocenters. The number of benzene rings is 2. The number of nitrogens with one attached hydrogen (secondary N) is 2. The Morgan fingerprint density at radius 2 is 1.73 bits per heavy atom. The smallest absolute Gasteiger partial charge is 0.274 e. The Kier molecular flexibility index (Phi) is 6.60. The van der Waals surface area contributed by atoms with Gasteiger partial charge in [0.1, 0.15) is 5.82 Å². The lowest BCUT2D eigenvalue weighted by atomic mass is 10.0. The van der Waals surface area contributed by atoms with Gasteiger partial charge in [0, 0.05) is 11.4 Å².